The molecule has 1 aromatic heterocycles. The minimum Gasteiger partial charge on any atom is -0.339 e. The van der Waals surface area contributed by atoms with Crippen LogP contribution in [0.15, 0.2) is 12.3 Å². The van der Waals surface area contributed by atoms with Crippen LogP contribution in [0.5, 0.6) is 0 Å². The van der Waals surface area contributed by atoms with E-state index in [-0.39, 0.29) is 6.04 Å². The maximum Gasteiger partial charge on any atom is 0.225 e. The van der Waals surface area contributed by atoms with E-state index in [1.807, 2.05) is 17.9 Å². The van der Waals surface area contributed by atoms with Crippen LogP contribution in [0.25, 0.3) is 0 Å². The van der Waals surface area contributed by atoms with Crippen LogP contribution in [0, 0.1) is 6.92 Å². The summed E-state index contributed by atoms with van der Waals surface area (Å²) in [5.74, 6) is 0.669. The minimum absolute atomic E-state index is 0.0471. The Morgan fingerprint density at radius 1 is 1.53 bits per heavy atom. The van der Waals surface area contributed by atoms with Gasteiger partial charge in [0, 0.05) is 31.0 Å². The summed E-state index contributed by atoms with van der Waals surface area (Å²) in [6, 6.07) is 1.79. The summed E-state index contributed by atoms with van der Waals surface area (Å²) in [7, 11) is -3.14. The Labute approximate surface area is 101 Å². The lowest BCUT2D eigenvalue weighted by Crippen LogP contribution is -2.36. The lowest BCUT2D eigenvalue weighted by molar-refractivity contribution is 0.567. The summed E-state index contributed by atoms with van der Waals surface area (Å²) in [4.78, 5) is 10.5. The molecule has 0 aliphatic carbocycles. The molecule has 17 heavy (non-hydrogen) atoms. The summed E-state index contributed by atoms with van der Waals surface area (Å²) in [6.07, 6.45) is 3.68. The van der Waals surface area contributed by atoms with Crippen LogP contribution in [-0.2, 0) is 10.0 Å². The molecule has 0 spiro atoms. The van der Waals surface area contributed by atoms with E-state index in [1.54, 1.807) is 6.20 Å². The molecular formula is C10H16N4O2S. The minimum atomic E-state index is -3.14. The van der Waals surface area contributed by atoms with E-state index in [1.165, 1.54) is 6.26 Å². The van der Waals surface area contributed by atoms with E-state index >= 15 is 0 Å². The van der Waals surface area contributed by atoms with Crippen LogP contribution in [0.2, 0.25) is 0 Å². The zero-order valence-electron chi connectivity index (χ0n) is 9.92. The molecular weight excluding hydrogens is 240 g/mol. The molecule has 0 aromatic carbocycles. The van der Waals surface area contributed by atoms with Gasteiger partial charge in [-0.3, -0.25) is 0 Å². The van der Waals surface area contributed by atoms with Gasteiger partial charge in [0.25, 0.3) is 0 Å². The fourth-order valence-electron chi connectivity index (χ4n) is 1.93. The van der Waals surface area contributed by atoms with Crippen molar-refractivity contribution in [2.75, 3.05) is 24.2 Å². The fraction of sp³-hybridized carbons (Fsp3) is 0.600. The molecule has 0 amide bonds. The van der Waals surface area contributed by atoms with Crippen molar-refractivity contribution in [3.63, 3.8) is 0 Å². The third-order valence-corrected chi connectivity index (χ3v) is 3.40. The van der Waals surface area contributed by atoms with Gasteiger partial charge in [0.1, 0.15) is 0 Å². The molecule has 1 N–H and O–H groups in total. The molecule has 7 heteroatoms. The smallest absolute Gasteiger partial charge is 0.225 e. The number of nitrogens with one attached hydrogen (secondary N) is 1. The Morgan fingerprint density at radius 3 is 2.94 bits per heavy atom. The van der Waals surface area contributed by atoms with Crippen LogP contribution in [0.1, 0.15) is 12.1 Å². The normalized spacial score (nSPS) is 20.8. The first-order valence-corrected chi connectivity index (χ1v) is 7.35. The van der Waals surface area contributed by atoms with Crippen molar-refractivity contribution in [2.24, 2.45) is 0 Å². The molecule has 94 valence electrons. The van der Waals surface area contributed by atoms with Gasteiger partial charge in [-0.15, -0.1) is 0 Å². The molecule has 0 saturated carbocycles. The zero-order chi connectivity index (χ0) is 12.5. The first-order chi connectivity index (χ1) is 7.94. The van der Waals surface area contributed by atoms with Gasteiger partial charge in [0.05, 0.1) is 6.26 Å². The van der Waals surface area contributed by atoms with Gasteiger partial charge in [-0.1, -0.05) is 0 Å². The first-order valence-electron chi connectivity index (χ1n) is 5.46. The molecule has 1 saturated heterocycles. The Balaban J connectivity index is 2.03. The maximum atomic E-state index is 11.1. The van der Waals surface area contributed by atoms with Crippen LogP contribution >= 0.6 is 0 Å². The Morgan fingerprint density at radius 2 is 2.29 bits per heavy atom. The number of aryl methyl sites for hydroxylation is 1. The van der Waals surface area contributed by atoms with Crippen molar-refractivity contribution < 1.29 is 8.42 Å². The molecule has 1 fully saturated rings. The van der Waals surface area contributed by atoms with Crippen molar-refractivity contribution in [3.05, 3.63) is 18.0 Å². The van der Waals surface area contributed by atoms with Crippen molar-refractivity contribution >= 4 is 16.0 Å². The zero-order valence-corrected chi connectivity index (χ0v) is 10.7. The fourth-order valence-corrected chi connectivity index (χ4v) is 2.73. The average molecular weight is 256 g/mol. The molecule has 1 atom stereocenters. The Bertz CT molecular complexity index is 503. The molecule has 6 nitrogen and oxygen atoms in total. The highest BCUT2D eigenvalue weighted by Crippen LogP contribution is 2.16. The number of hydrogen-bond donors (Lipinski definition) is 1. The second kappa shape index (κ2) is 4.58. The first kappa shape index (κ1) is 12.3. The van der Waals surface area contributed by atoms with Crippen molar-refractivity contribution in [3.8, 4) is 0 Å². The van der Waals surface area contributed by atoms with Gasteiger partial charge in [0.2, 0.25) is 16.0 Å². The third-order valence-electron chi connectivity index (χ3n) is 2.63. The van der Waals surface area contributed by atoms with Gasteiger partial charge in [-0.2, -0.15) is 0 Å². The molecule has 2 rings (SSSR count). The van der Waals surface area contributed by atoms with Gasteiger partial charge >= 0.3 is 0 Å². The standard InChI is InChI=1S/C10H16N4O2S/c1-8-3-5-11-10(12-8)14-6-4-9(7-14)13-17(2,15)16/h3,5,9,13H,4,6-7H2,1-2H3. The van der Waals surface area contributed by atoms with Crippen molar-refractivity contribution in [2.45, 2.75) is 19.4 Å². The van der Waals surface area contributed by atoms with Crippen molar-refractivity contribution in [1.29, 1.82) is 0 Å². The van der Waals surface area contributed by atoms with Crippen molar-refractivity contribution in [1.82, 2.24) is 14.7 Å². The summed E-state index contributed by atoms with van der Waals surface area (Å²) < 4.78 is 24.9. The molecule has 0 radical (unpaired) electrons. The SMILES string of the molecule is Cc1ccnc(N2CCC(NS(C)(=O)=O)C2)n1. The molecule has 1 unspecified atom stereocenters. The predicted octanol–water partition coefficient (Wildman–Crippen LogP) is -0.0871. The van der Waals surface area contributed by atoms with Gasteiger partial charge < -0.3 is 4.90 Å². The second-order valence-corrected chi connectivity index (χ2v) is 6.10. The van der Waals surface area contributed by atoms with Crippen LogP contribution in [-0.4, -0.2) is 43.8 Å². The second-order valence-electron chi connectivity index (χ2n) is 4.32. The summed E-state index contributed by atoms with van der Waals surface area (Å²) in [5, 5.41) is 0. The van der Waals surface area contributed by atoms with Crippen LogP contribution in [0.3, 0.4) is 0 Å². The summed E-state index contributed by atoms with van der Waals surface area (Å²) >= 11 is 0. The van der Waals surface area contributed by atoms with Gasteiger partial charge in [-0.25, -0.2) is 23.1 Å². The van der Waals surface area contributed by atoms with Gasteiger partial charge in [0.15, 0.2) is 0 Å². The van der Waals surface area contributed by atoms with E-state index < -0.39 is 10.0 Å². The maximum absolute atomic E-state index is 11.1. The molecule has 1 aromatic rings. The number of sulfonamides is 1. The molecule has 1 aliphatic rings. The van der Waals surface area contributed by atoms with E-state index in [2.05, 4.69) is 14.7 Å². The highest BCUT2D eigenvalue weighted by atomic mass is 32.2. The van der Waals surface area contributed by atoms with E-state index in [0.717, 1.165) is 18.7 Å². The lowest BCUT2D eigenvalue weighted by atomic mass is 10.3. The highest BCUT2D eigenvalue weighted by molar-refractivity contribution is 7.88. The predicted molar refractivity (Wildman–Crippen MR) is 65.4 cm³/mol. The third kappa shape index (κ3) is 3.37. The largest absolute Gasteiger partial charge is 0.339 e. The molecule has 0 bridgehead atoms. The van der Waals surface area contributed by atoms with Crippen LogP contribution < -0.4 is 9.62 Å². The summed E-state index contributed by atoms with van der Waals surface area (Å²) in [6.45, 7) is 3.31. The van der Waals surface area contributed by atoms with Crippen LogP contribution in [0.4, 0.5) is 5.95 Å². The quantitative estimate of drug-likeness (QED) is 0.818. The molecule has 1 aliphatic heterocycles. The Kier molecular flexibility index (Phi) is 3.30. The number of hydrogen-bond acceptors (Lipinski definition) is 5. The topological polar surface area (TPSA) is 75.2 Å². The Hall–Kier alpha value is -1.21. The molecule has 2 heterocycles. The number of rotatable bonds is 3. The number of aromatic nitrogens is 2. The monoisotopic (exact) mass is 256 g/mol. The van der Waals surface area contributed by atoms with E-state index in [0.29, 0.717) is 12.5 Å². The number of anilines is 1. The van der Waals surface area contributed by atoms with Gasteiger partial charge in [-0.05, 0) is 19.4 Å². The number of nitrogens with zero attached hydrogens (tertiary/aromatic N) is 3. The average Bonchev–Trinajstić information content (AvgIpc) is 2.63. The van der Waals surface area contributed by atoms with E-state index in [9.17, 15) is 8.42 Å². The lowest BCUT2D eigenvalue weighted by Gasteiger charge is -2.16. The summed E-state index contributed by atoms with van der Waals surface area (Å²) in [5.41, 5.74) is 0.912. The highest BCUT2D eigenvalue weighted by Gasteiger charge is 2.26. The van der Waals surface area contributed by atoms with E-state index in [4.69, 9.17) is 0 Å².